The predicted molar refractivity (Wildman–Crippen MR) is 352 cm³/mol. The number of aromatic nitrogens is 6. The first-order chi connectivity index (χ1) is 46.9. The lowest BCUT2D eigenvalue weighted by molar-refractivity contribution is -0.384. The number of unbranched alkanes of at least 4 members (excludes halogenated alkanes) is 4. The average molecular weight is 1430 g/mol. The van der Waals surface area contributed by atoms with Crippen LogP contribution in [-0.2, 0) is 70.7 Å². The number of nitrogens with one attached hydrogen (secondary N) is 3. The van der Waals surface area contributed by atoms with Crippen molar-refractivity contribution in [1.82, 2.24) is 44.5 Å². The fraction of sp³-hybridized carbons (Fsp3) is 0.613. The standard InChI is InChI=1S/C26H40N7O9P.C21H33N2O8P.C15H17N5O4/c1-5-7-11-39-24(36)16(3)31-43(38,32-17(4)25(37)40-12-8-6-2)41-14-26(13-27)22(35)20(34)21(42-26)18-9-10-19-23(28)29-15-30-33(18)19;1-5-7-13-29-20(24)16(3)15-32(28,22-17(4)21(25)30-14-8-6-2)31-19-11-9-18(10-12-19)23(26)27;1-14(2)22-11-10(23-15(5-16,6-21)12(11)24-14)8-3-4-9-13(17)18-7-19-20(8)9/h9-10,15-17,20-22,34-35H,5-8,11-12,14H2,1-4H3,(H2,28,29,30)(H2,31,32,38);9-12,16-17H,5-8,13-15H2,1-4H3,(H,22,28);3-4,7,10-12,21H,6H2,1-2H3,(H2,17,18,19)/t16-,17-,20-,21-,22-,26+;16-,17+,32?;10-,11-,12-,15+/m010/s1. The second-order valence-electron chi connectivity index (χ2n) is 24.2. The Morgan fingerprint density at radius 2 is 1.12 bits per heavy atom. The van der Waals surface area contributed by atoms with E-state index < -0.39 is 135 Å². The van der Waals surface area contributed by atoms with E-state index in [0.717, 1.165) is 25.7 Å². The van der Waals surface area contributed by atoms with Crippen molar-refractivity contribution in [2.45, 2.75) is 192 Å². The molecule has 0 bridgehead atoms. The number of aliphatic hydroxyl groups is 3. The number of nitrogen functional groups attached to an aromatic ring is 2. The van der Waals surface area contributed by atoms with Crippen molar-refractivity contribution in [1.29, 1.82) is 10.5 Å². The molecule has 37 heteroatoms. The minimum Gasteiger partial charge on any atom is -0.465 e. The van der Waals surface area contributed by atoms with Crippen LogP contribution in [-0.4, -0.2) is 179 Å². The van der Waals surface area contributed by atoms with Gasteiger partial charge < -0.3 is 73.7 Å². The second-order valence-corrected chi connectivity index (χ2v) is 28.2. The summed E-state index contributed by atoms with van der Waals surface area (Å²) in [7, 11) is -8.17. The Morgan fingerprint density at radius 1 is 0.677 bits per heavy atom. The summed E-state index contributed by atoms with van der Waals surface area (Å²) in [6, 6.07) is 12.3. The van der Waals surface area contributed by atoms with Gasteiger partial charge >= 0.3 is 39.1 Å². The number of non-ortho nitro benzene ring substituents is 1. The maximum absolute atomic E-state index is 14.0. The molecule has 99 heavy (non-hydrogen) atoms. The van der Waals surface area contributed by atoms with E-state index in [1.807, 2.05) is 39.8 Å². The van der Waals surface area contributed by atoms with Gasteiger partial charge in [0, 0.05) is 12.1 Å². The van der Waals surface area contributed by atoms with Crippen LogP contribution in [0.4, 0.5) is 17.3 Å². The lowest BCUT2D eigenvalue weighted by atomic mass is 9.96. The van der Waals surface area contributed by atoms with Crippen LogP contribution in [0.1, 0.15) is 144 Å². The first kappa shape index (κ1) is 80.1. The van der Waals surface area contributed by atoms with E-state index in [9.17, 15) is 64.3 Å². The summed E-state index contributed by atoms with van der Waals surface area (Å²) in [6.45, 7) is 16.6. The average Bonchev–Trinajstić information content (AvgIpc) is 1.57. The molecule has 0 saturated carbocycles. The Labute approximate surface area is 572 Å². The minimum atomic E-state index is -4.37. The van der Waals surface area contributed by atoms with Gasteiger partial charge in [-0.3, -0.25) is 38.4 Å². The molecule has 35 nitrogen and oxygen atoms in total. The lowest BCUT2D eigenvalue weighted by Crippen LogP contribution is -2.48. The fourth-order valence-electron chi connectivity index (χ4n) is 10.3. The molecule has 10 N–H and O–H groups in total. The molecule has 4 aromatic heterocycles. The van der Waals surface area contributed by atoms with Crippen molar-refractivity contribution >= 4 is 67.4 Å². The van der Waals surface area contributed by atoms with Gasteiger partial charge in [-0.15, -0.1) is 0 Å². The summed E-state index contributed by atoms with van der Waals surface area (Å²) in [4.78, 5) is 67.7. The third-order valence-electron chi connectivity index (χ3n) is 15.7. The number of anilines is 2. The SMILES string of the molecule is CC1(C)O[C@H]2[C@H](c3ccc4c(N)ncnn34)O[C@](C#N)(CO)[C@H]2O1.CCCCOC(=O)[C@H](C)CP(=O)(N[C@@H](C)C(=O)OCCCC)Oc1ccc([N+](=O)[O-])cc1.CCCCOC(=O)[C@H](C)NP(=O)(N[C@@H](C)C(=O)OCCCC)OC[C@@]1(C#N)O[C@@H](c2ccc3c(N)ncnn23)[C@H](O)[C@@H]1O. The van der Waals surface area contributed by atoms with Crippen LogP contribution in [0.3, 0.4) is 0 Å². The number of fused-ring (bicyclic) bond motifs is 3. The van der Waals surface area contributed by atoms with E-state index >= 15 is 0 Å². The highest BCUT2D eigenvalue weighted by Crippen LogP contribution is 2.51. The molecule has 1 aromatic carbocycles. The van der Waals surface area contributed by atoms with Crippen LogP contribution >= 0.6 is 15.2 Å². The smallest absolute Gasteiger partial charge is 0.342 e. The maximum Gasteiger partial charge on any atom is 0.342 e. The number of ether oxygens (including phenoxy) is 8. The van der Waals surface area contributed by atoms with Gasteiger partial charge in [-0.25, -0.2) is 34.3 Å². The number of nitrogens with zero attached hydrogens (tertiary/aromatic N) is 9. The zero-order chi connectivity index (χ0) is 73.0. The fourth-order valence-corrected chi connectivity index (χ4v) is 14.4. The van der Waals surface area contributed by atoms with Gasteiger partial charge in [0.25, 0.3) is 5.69 Å². The van der Waals surface area contributed by atoms with E-state index in [-0.39, 0.29) is 55.5 Å². The number of nitrogens with two attached hydrogens (primary N) is 2. The number of hydrogen-bond donors (Lipinski definition) is 8. The first-order valence-electron chi connectivity index (χ1n) is 32.4. The summed E-state index contributed by atoms with van der Waals surface area (Å²) in [5.41, 5.74) is 9.84. The van der Waals surface area contributed by atoms with Crippen LogP contribution in [0, 0.1) is 38.7 Å². The minimum absolute atomic E-state index is 0.101. The quantitative estimate of drug-likeness (QED) is 0.00618. The Morgan fingerprint density at radius 3 is 1.57 bits per heavy atom. The van der Waals surface area contributed by atoms with Gasteiger partial charge in [-0.2, -0.15) is 20.7 Å². The number of nitriles is 2. The molecular formula is C62H90N14O21P2. The molecule has 0 amide bonds. The van der Waals surface area contributed by atoms with Crippen LogP contribution in [0.25, 0.3) is 11.0 Å². The number of carbonyl (C=O) groups is 4. The summed E-state index contributed by atoms with van der Waals surface area (Å²) < 4.78 is 86.2. The second kappa shape index (κ2) is 36.0. The molecule has 3 aliphatic rings. The molecule has 13 atom stereocenters. The van der Waals surface area contributed by atoms with Gasteiger partial charge in [0.05, 0.1) is 61.4 Å². The Bertz CT molecular complexity index is 3670. The van der Waals surface area contributed by atoms with Crippen molar-refractivity contribution in [3.63, 3.8) is 0 Å². The topological polar surface area (TPSA) is 495 Å². The van der Waals surface area contributed by atoms with E-state index in [2.05, 4.69) is 35.4 Å². The third-order valence-corrected chi connectivity index (χ3v) is 20.0. The highest BCUT2D eigenvalue weighted by Gasteiger charge is 2.64. The van der Waals surface area contributed by atoms with Crippen LogP contribution in [0.2, 0.25) is 0 Å². The van der Waals surface area contributed by atoms with Crippen molar-refractivity contribution in [2.24, 2.45) is 5.92 Å². The van der Waals surface area contributed by atoms with Crippen LogP contribution in [0.5, 0.6) is 5.75 Å². The summed E-state index contributed by atoms with van der Waals surface area (Å²) in [5, 5.41) is 78.2. The molecule has 544 valence electrons. The summed E-state index contributed by atoms with van der Waals surface area (Å²) in [6.07, 6.45) is 1.66. The Balaban J connectivity index is 0.000000244. The summed E-state index contributed by atoms with van der Waals surface area (Å²) >= 11 is 0. The van der Waals surface area contributed by atoms with Crippen molar-refractivity contribution in [2.75, 3.05) is 57.3 Å². The van der Waals surface area contributed by atoms with E-state index in [1.165, 1.54) is 62.2 Å². The lowest BCUT2D eigenvalue weighted by Gasteiger charge is -2.30. The highest BCUT2D eigenvalue weighted by atomic mass is 31.2. The number of aliphatic hydroxyl groups excluding tert-OH is 3. The number of hydrogen-bond acceptors (Lipinski definition) is 29. The molecular weight excluding hydrogens is 1340 g/mol. The normalized spacial score (nSPS) is 23.3. The van der Waals surface area contributed by atoms with Gasteiger partial charge in [0.1, 0.15) is 103 Å². The molecule has 7 heterocycles. The van der Waals surface area contributed by atoms with E-state index in [0.29, 0.717) is 48.2 Å². The van der Waals surface area contributed by atoms with Gasteiger partial charge in [-0.1, -0.05) is 60.3 Å². The van der Waals surface area contributed by atoms with E-state index in [1.54, 1.807) is 49.6 Å². The molecule has 3 fully saturated rings. The molecule has 3 aliphatic heterocycles. The van der Waals surface area contributed by atoms with Gasteiger partial charge in [-0.05, 0) is 96.7 Å². The summed E-state index contributed by atoms with van der Waals surface area (Å²) in [5.74, 6) is -3.61. The van der Waals surface area contributed by atoms with Gasteiger partial charge in [0.2, 0.25) is 11.2 Å². The van der Waals surface area contributed by atoms with Gasteiger partial charge in [0.15, 0.2) is 17.4 Å². The van der Waals surface area contributed by atoms with Crippen LogP contribution in [0.15, 0.2) is 61.2 Å². The van der Waals surface area contributed by atoms with Crippen molar-refractivity contribution < 1.29 is 95.5 Å². The number of benzene rings is 1. The third kappa shape index (κ3) is 20.4. The van der Waals surface area contributed by atoms with E-state index in [4.69, 9.17) is 58.4 Å². The number of esters is 4. The zero-order valence-corrected chi connectivity index (χ0v) is 58.7. The number of rotatable bonds is 33. The molecule has 5 aromatic rings. The molecule has 0 spiro atoms. The van der Waals surface area contributed by atoms with Crippen LogP contribution < -0.4 is 31.3 Å². The predicted octanol–water partition coefficient (Wildman–Crippen LogP) is 5.76. The highest BCUT2D eigenvalue weighted by molar-refractivity contribution is 7.57. The molecule has 0 aliphatic carbocycles. The number of carbonyl (C=O) groups excluding carboxylic acids is 4. The largest absolute Gasteiger partial charge is 0.465 e. The number of nitro groups is 1. The maximum atomic E-state index is 14.0. The van der Waals surface area contributed by atoms with Crippen molar-refractivity contribution in [3.8, 4) is 17.9 Å². The molecule has 1 unspecified atom stereocenters. The Hall–Kier alpha value is -7.86. The monoisotopic (exact) mass is 1430 g/mol. The Kier molecular flexibility index (Phi) is 29.1. The first-order valence-corrected chi connectivity index (χ1v) is 35.8. The number of nitro benzene ring substituents is 1. The molecule has 0 radical (unpaired) electrons. The van der Waals surface area contributed by atoms with Crippen molar-refractivity contribution in [3.05, 3.63) is 82.7 Å². The molecule has 3 saturated heterocycles. The zero-order valence-electron chi connectivity index (χ0n) is 56.9. The molecule has 8 rings (SSSR count).